The normalized spacial score (nSPS) is 10.9. The zero-order chi connectivity index (χ0) is 11.0. The lowest BCUT2D eigenvalue weighted by molar-refractivity contribution is 0.176. The van der Waals surface area contributed by atoms with Crippen molar-refractivity contribution in [2.24, 2.45) is 0 Å². The van der Waals surface area contributed by atoms with Crippen LogP contribution in [0.3, 0.4) is 0 Å². The van der Waals surface area contributed by atoms with Crippen molar-refractivity contribution in [1.29, 1.82) is 0 Å². The summed E-state index contributed by atoms with van der Waals surface area (Å²) in [4.78, 5) is 2.48. The second kappa shape index (κ2) is 7.84. The molecule has 0 aromatic carbocycles. The molecule has 0 bridgehead atoms. The highest BCUT2D eigenvalue weighted by Crippen LogP contribution is 2.02. The van der Waals surface area contributed by atoms with E-state index in [0.29, 0.717) is 12.1 Å². The first-order valence-electron chi connectivity index (χ1n) is 5.45. The predicted octanol–water partition coefficient (Wildman–Crippen LogP) is 1.72. The Balaban J connectivity index is 3.65. The van der Waals surface area contributed by atoms with Crippen molar-refractivity contribution in [3.05, 3.63) is 0 Å². The van der Waals surface area contributed by atoms with Gasteiger partial charge in [-0.05, 0) is 34.6 Å². The van der Waals surface area contributed by atoms with E-state index in [2.05, 4.69) is 49.8 Å². The molecule has 0 aromatic rings. The van der Waals surface area contributed by atoms with Crippen molar-refractivity contribution in [2.75, 3.05) is 19.6 Å². The molecule has 0 aliphatic rings. The molecule has 0 unspecified atom stereocenters. The predicted molar refractivity (Wildman–Crippen MR) is 63.3 cm³/mol. The summed E-state index contributed by atoms with van der Waals surface area (Å²) in [6.07, 6.45) is 0. The van der Waals surface area contributed by atoms with E-state index in [4.69, 9.17) is 0 Å². The van der Waals surface area contributed by atoms with Crippen LogP contribution in [0.4, 0.5) is 0 Å². The molecule has 0 aliphatic heterocycles. The SMILES string of the molecule is CC#CCNCCN(C(C)C)C(C)C. The minimum atomic E-state index is 0.619. The third kappa shape index (κ3) is 6.01. The van der Waals surface area contributed by atoms with Gasteiger partial charge in [0.1, 0.15) is 0 Å². The molecule has 0 saturated carbocycles. The highest BCUT2D eigenvalue weighted by molar-refractivity contribution is 4.96. The summed E-state index contributed by atoms with van der Waals surface area (Å²) in [6.45, 7) is 13.8. The van der Waals surface area contributed by atoms with E-state index >= 15 is 0 Å². The van der Waals surface area contributed by atoms with Gasteiger partial charge in [0.05, 0.1) is 6.54 Å². The molecule has 2 nitrogen and oxygen atoms in total. The first kappa shape index (κ1) is 13.5. The van der Waals surface area contributed by atoms with Crippen molar-refractivity contribution < 1.29 is 0 Å². The van der Waals surface area contributed by atoms with Crippen LogP contribution in [0.5, 0.6) is 0 Å². The van der Waals surface area contributed by atoms with Gasteiger partial charge in [-0.15, -0.1) is 5.92 Å². The largest absolute Gasteiger partial charge is 0.305 e. The van der Waals surface area contributed by atoms with Gasteiger partial charge >= 0.3 is 0 Å². The molecule has 0 amide bonds. The van der Waals surface area contributed by atoms with Gasteiger partial charge in [-0.25, -0.2) is 0 Å². The van der Waals surface area contributed by atoms with Crippen molar-refractivity contribution >= 4 is 0 Å². The van der Waals surface area contributed by atoms with E-state index in [9.17, 15) is 0 Å². The third-order valence-corrected chi connectivity index (χ3v) is 2.26. The minimum absolute atomic E-state index is 0.619. The summed E-state index contributed by atoms with van der Waals surface area (Å²) in [7, 11) is 0. The summed E-state index contributed by atoms with van der Waals surface area (Å²) in [5.41, 5.74) is 0. The first-order valence-corrected chi connectivity index (χ1v) is 5.45. The van der Waals surface area contributed by atoms with E-state index < -0.39 is 0 Å². The van der Waals surface area contributed by atoms with Crippen LogP contribution in [0, 0.1) is 11.8 Å². The van der Waals surface area contributed by atoms with E-state index in [-0.39, 0.29) is 0 Å². The van der Waals surface area contributed by atoms with Gasteiger partial charge in [0.25, 0.3) is 0 Å². The number of nitrogens with one attached hydrogen (secondary N) is 1. The van der Waals surface area contributed by atoms with E-state index in [1.54, 1.807) is 0 Å². The molecule has 0 atom stereocenters. The number of hydrogen-bond acceptors (Lipinski definition) is 2. The summed E-state index contributed by atoms with van der Waals surface area (Å²) in [6, 6.07) is 1.24. The van der Waals surface area contributed by atoms with Crippen LogP contribution < -0.4 is 5.32 Å². The summed E-state index contributed by atoms with van der Waals surface area (Å²) < 4.78 is 0. The smallest absolute Gasteiger partial charge is 0.0576 e. The van der Waals surface area contributed by atoms with Gasteiger partial charge < -0.3 is 5.32 Å². The second-order valence-electron chi connectivity index (χ2n) is 4.03. The fraction of sp³-hybridized carbons (Fsp3) is 0.833. The highest BCUT2D eigenvalue weighted by atomic mass is 15.2. The Morgan fingerprint density at radius 1 is 1.14 bits per heavy atom. The lowest BCUT2D eigenvalue weighted by Crippen LogP contribution is -2.41. The maximum Gasteiger partial charge on any atom is 0.0576 e. The average molecular weight is 196 g/mol. The second-order valence-corrected chi connectivity index (χ2v) is 4.03. The summed E-state index contributed by atoms with van der Waals surface area (Å²) in [5.74, 6) is 5.88. The zero-order valence-electron chi connectivity index (χ0n) is 10.2. The Morgan fingerprint density at radius 2 is 1.71 bits per heavy atom. The van der Waals surface area contributed by atoms with Crippen LogP contribution in [-0.4, -0.2) is 36.6 Å². The molecule has 0 aromatic heterocycles. The van der Waals surface area contributed by atoms with Gasteiger partial charge in [-0.1, -0.05) is 5.92 Å². The maximum absolute atomic E-state index is 3.31. The Hall–Kier alpha value is -0.520. The molecule has 0 aliphatic carbocycles. The Bertz CT molecular complexity index is 178. The van der Waals surface area contributed by atoms with Crippen molar-refractivity contribution in [3.63, 3.8) is 0 Å². The molecule has 0 radical (unpaired) electrons. The monoisotopic (exact) mass is 196 g/mol. The van der Waals surface area contributed by atoms with Gasteiger partial charge in [0, 0.05) is 25.2 Å². The zero-order valence-corrected chi connectivity index (χ0v) is 10.2. The van der Waals surface area contributed by atoms with Gasteiger partial charge in [-0.2, -0.15) is 0 Å². The lowest BCUT2D eigenvalue weighted by atomic mass is 10.2. The van der Waals surface area contributed by atoms with Crippen molar-refractivity contribution in [1.82, 2.24) is 10.2 Å². The van der Waals surface area contributed by atoms with Crippen LogP contribution >= 0.6 is 0 Å². The van der Waals surface area contributed by atoms with Crippen LogP contribution in [-0.2, 0) is 0 Å². The molecule has 0 spiro atoms. The molecule has 14 heavy (non-hydrogen) atoms. The highest BCUT2D eigenvalue weighted by Gasteiger charge is 2.11. The molecule has 1 N–H and O–H groups in total. The quantitative estimate of drug-likeness (QED) is 0.514. The van der Waals surface area contributed by atoms with Crippen molar-refractivity contribution in [3.8, 4) is 11.8 Å². The van der Waals surface area contributed by atoms with E-state index in [0.717, 1.165) is 19.6 Å². The van der Waals surface area contributed by atoms with Gasteiger partial charge in [-0.3, -0.25) is 4.90 Å². The van der Waals surface area contributed by atoms with Crippen LogP contribution in [0.2, 0.25) is 0 Å². The number of hydrogen-bond donors (Lipinski definition) is 1. The van der Waals surface area contributed by atoms with Gasteiger partial charge in [0.15, 0.2) is 0 Å². The Kier molecular flexibility index (Phi) is 7.55. The topological polar surface area (TPSA) is 15.3 Å². The van der Waals surface area contributed by atoms with E-state index in [1.165, 1.54) is 0 Å². The standard InChI is InChI=1S/C12H24N2/c1-6-7-8-13-9-10-14(11(2)3)12(4)5/h11-13H,8-10H2,1-5H3. The minimum Gasteiger partial charge on any atom is -0.305 e. The Labute approximate surface area is 89.1 Å². The third-order valence-electron chi connectivity index (χ3n) is 2.26. The van der Waals surface area contributed by atoms with Crippen LogP contribution in [0.15, 0.2) is 0 Å². The molecule has 82 valence electrons. The molecule has 0 rings (SSSR count). The molecule has 0 fully saturated rings. The average Bonchev–Trinajstić information content (AvgIpc) is 2.09. The van der Waals surface area contributed by atoms with E-state index in [1.807, 2.05) is 6.92 Å². The molecule has 0 saturated heterocycles. The Morgan fingerprint density at radius 3 is 2.14 bits per heavy atom. The summed E-state index contributed by atoms with van der Waals surface area (Å²) in [5, 5.41) is 3.31. The fourth-order valence-electron chi connectivity index (χ4n) is 1.56. The number of nitrogens with zero attached hydrogens (tertiary/aromatic N) is 1. The van der Waals surface area contributed by atoms with Crippen molar-refractivity contribution in [2.45, 2.75) is 46.7 Å². The van der Waals surface area contributed by atoms with Crippen LogP contribution in [0.25, 0.3) is 0 Å². The number of rotatable bonds is 6. The molecular weight excluding hydrogens is 172 g/mol. The molecule has 2 heteroatoms. The summed E-state index contributed by atoms with van der Waals surface area (Å²) >= 11 is 0. The first-order chi connectivity index (χ1) is 6.59. The fourth-order valence-corrected chi connectivity index (χ4v) is 1.56. The van der Waals surface area contributed by atoms with Gasteiger partial charge in [0.2, 0.25) is 0 Å². The lowest BCUT2D eigenvalue weighted by Gasteiger charge is -2.30. The maximum atomic E-state index is 3.31. The molecule has 0 heterocycles. The molecular formula is C12H24N2. The van der Waals surface area contributed by atoms with Crippen LogP contribution in [0.1, 0.15) is 34.6 Å².